The lowest BCUT2D eigenvalue weighted by Gasteiger charge is -2.12. The predicted molar refractivity (Wildman–Crippen MR) is 113 cm³/mol. The van der Waals surface area contributed by atoms with Gasteiger partial charge in [-0.1, -0.05) is 23.6 Å². The molecule has 29 heavy (non-hydrogen) atoms. The molecule has 148 valence electrons. The van der Waals surface area contributed by atoms with Crippen LogP contribution in [0.3, 0.4) is 0 Å². The van der Waals surface area contributed by atoms with E-state index in [-0.39, 0.29) is 0 Å². The van der Waals surface area contributed by atoms with Crippen LogP contribution in [0, 0.1) is 18.8 Å². The van der Waals surface area contributed by atoms with Gasteiger partial charge in [-0.2, -0.15) is 0 Å². The van der Waals surface area contributed by atoms with Crippen molar-refractivity contribution in [3.63, 3.8) is 0 Å². The Bertz CT molecular complexity index is 1000. The third-order valence-electron chi connectivity index (χ3n) is 4.06. The second-order valence-corrected chi connectivity index (χ2v) is 6.26. The van der Waals surface area contributed by atoms with Gasteiger partial charge in [0.2, 0.25) is 0 Å². The average Bonchev–Trinajstić information content (AvgIpc) is 3.26. The molecule has 2 aromatic carbocycles. The lowest BCUT2D eigenvalue weighted by atomic mass is 10.1. The molecule has 0 saturated carbocycles. The Kier molecular flexibility index (Phi) is 7.04. The number of hydrogen-bond acceptors (Lipinski definition) is 4. The Morgan fingerprint density at radius 1 is 1.17 bits per heavy atom. The zero-order valence-electron chi connectivity index (χ0n) is 16.5. The zero-order valence-corrected chi connectivity index (χ0v) is 16.5. The molecule has 0 spiro atoms. The van der Waals surface area contributed by atoms with Crippen LogP contribution < -0.4 is 10.1 Å². The maximum absolute atomic E-state index is 12.4. The molecule has 1 amide bonds. The number of rotatable bonds is 7. The highest BCUT2D eigenvalue weighted by atomic mass is 16.5. The molecule has 3 aromatic rings. The summed E-state index contributed by atoms with van der Waals surface area (Å²) in [7, 11) is 0. The van der Waals surface area contributed by atoms with E-state index in [1.165, 1.54) is 0 Å². The lowest BCUT2D eigenvalue weighted by Crippen LogP contribution is -2.12. The fourth-order valence-corrected chi connectivity index (χ4v) is 2.60. The Morgan fingerprint density at radius 3 is 2.72 bits per heavy atom. The second kappa shape index (κ2) is 10.1. The number of amides is 1. The highest BCUT2D eigenvalue weighted by Gasteiger charge is 2.10. The van der Waals surface area contributed by atoms with Crippen molar-refractivity contribution in [2.24, 2.45) is 0 Å². The minimum atomic E-state index is -0.420. The summed E-state index contributed by atoms with van der Waals surface area (Å²) in [4.78, 5) is 19.7. The van der Waals surface area contributed by atoms with Crippen molar-refractivity contribution in [2.75, 3.05) is 25.1 Å². The molecule has 0 aliphatic carbocycles. The van der Waals surface area contributed by atoms with E-state index in [9.17, 15) is 4.79 Å². The maximum atomic E-state index is 12.4. The number of carbonyl (C=O) groups is 1. The van der Waals surface area contributed by atoms with E-state index in [1.807, 2.05) is 44.2 Å². The molecule has 2 N–H and O–H groups in total. The first-order valence-corrected chi connectivity index (χ1v) is 9.39. The molecule has 6 heteroatoms. The first kappa shape index (κ1) is 20.2. The second-order valence-electron chi connectivity index (χ2n) is 6.26. The van der Waals surface area contributed by atoms with Crippen molar-refractivity contribution < 1.29 is 14.3 Å². The number of anilines is 1. The molecule has 0 saturated heterocycles. The third kappa shape index (κ3) is 5.96. The van der Waals surface area contributed by atoms with E-state index in [0.717, 1.165) is 16.7 Å². The Balaban J connectivity index is 1.77. The molecule has 0 bridgehead atoms. The zero-order chi connectivity index (χ0) is 20.5. The van der Waals surface area contributed by atoms with E-state index >= 15 is 0 Å². The van der Waals surface area contributed by atoms with Crippen LogP contribution in [-0.2, 0) is 9.53 Å². The Labute approximate surface area is 170 Å². The average molecular weight is 389 g/mol. The first-order valence-electron chi connectivity index (χ1n) is 9.39. The summed E-state index contributed by atoms with van der Waals surface area (Å²) in [6.45, 7) is 5.40. The highest BCUT2D eigenvalue weighted by molar-refractivity contribution is 6.05. The van der Waals surface area contributed by atoms with Gasteiger partial charge in [-0.15, -0.1) is 0 Å². The molecule has 1 heterocycles. The molecular weight excluding hydrogens is 366 g/mol. The van der Waals surface area contributed by atoms with Crippen molar-refractivity contribution in [2.45, 2.75) is 13.8 Å². The number of carbonyl (C=O) groups excluding carboxylic acids is 1. The van der Waals surface area contributed by atoms with Gasteiger partial charge in [0.15, 0.2) is 0 Å². The minimum absolute atomic E-state index is 0.381. The fraction of sp³-hybridized carbons (Fsp3) is 0.217. The molecule has 0 unspecified atom stereocenters. The number of aryl methyl sites for hydroxylation is 1. The Morgan fingerprint density at radius 2 is 2.00 bits per heavy atom. The number of H-pyrrole nitrogens is 1. The van der Waals surface area contributed by atoms with Crippen molar-refractivity contribution in [1.29, 1.82) is 0 Å². The number of imidazole rings is 1. The van der Waals surface area contributed by atoms with Crippen LogP contribution in [0.1, 0.15) is 18.1 Å². The van der Waals surface area contributed by atoms with Crippen molar-refractivity contribution in [3.05, 3.63) is 66.0 Å². The summed E-state index contributed by atoms with van der Waals surface area (Å²) in [5.74, 6) is 6.32. The van der Waals surface area contributed by atoms with Crippen LogP contribution in [0.25, 0.3) is 11.4 Å². The van der Waals surface area contributed by atoms with Crippen LogP contribution in [0.4, 0.5) is 5.69 Å². The molecule has 0 radical (unpaired) electrons. The van der Waals surface area contributed by atoms with Gasteiger partial charge in [0, 0.05) is 36.0 Å². The van der Waals surface area contributed by atoms with Crippen LogP contribution in [0.15, 0.2) is 54.9 Å². The topological polar surface area (TPSA) is 76.2 Å². The number of ether oxygens (including phenoxy) is 2. The summed E-state index contributed by atoms with van der Waals surface area (Å²) in [6, 6.07) is 13.2. The highest BCUT2D eigenvalue weighted by Crippen LogP contribution is 2.29. The monoisotopic (exact) mass is 389 g/mol. The molecular formula is C23H23N3O3. The van der Waals surface area contributed by atoms with Gasteiger partial charge >= 0.3 is 5.91 Å². The molecule has 3 rings (SSSR count). The number of aromatic amines is 1. The smallest absolute Gasteiger partial charge is 0.300 e. The Hall–Kier alpha value is -3.56. The maximum Gasteiger partial charge on any atom is 0.300 e. The van der Waals surface area contributed by atoms with Crippen LogP contribution >= 0.6 is 0 Å². The van der Waals surface area contributed by atoms with Gasteiger partial charge in [-0.25, -0.2) is 4.98 Å². The standard InChI is InChI=1S/C23H23N3O3/c1-3-28-14-15-29-21-10-9-19(23-24-12-13-25-23)16-20(21)26-22(27)11-8-18-6-4-17(2)5-7-18/h4-7,9-10,12-13,16H,3,14-15H2,1-2H3,(H,24,25)(H,26,27). The van der Waals surface area contributed by atoms with E-state index < -0.39 is 5.91 Å². The number of hydrogen-bond donors (Lipinski definition) is 2. The SMILES string of the molecule is CCOCCOc1ccc(-c2ncc[nH]2)cc1NC(=O)C#Cc1ccc(C)cc1. The van der Waals surface area contributed by atoms with Crippen molar-refractivity contribution in [1.82, 2.24) is 9.97 Å². The quantitative estimate of drug-likeness (QED) is 0.476. The number of nitrogens with one attached hydrogen (secondary N) is 2. The van der Waals surface area contributed by atoms with E-state index in [1.54, 1.807) is 24.5 Å². The van der Waals surface area contributed by atoms with Crippen LogP contribution in [0.2, 0.25) is 0 Å². The number of aromatic nitrogens is 2. The van der Waals surface area contributed by atoms with E-state index in [0.29, 0.717) is 37.1 Å². The van der Waals surface area contributed by atoms with Gasteiger partial charge < -0.3 is 19.8 Å². The molecule has 0 aliphatic heterocycles. The van der Waals surface area contributed by atoms with Gasteiger partial charge in [0.1, 0.15) is 18.2 Å². The fourth-order valence-electron chi connectivity index (χ4n) is 2.60. The van der Waals surface area contributed by atoms with Gasteiger partial charge in [-0.05, 0) is 44.2 Å². The summed E-state index contributed by atoms with van der Waals surface area (Å²) < 4.78 is 11.1. The minimum Gasteiger partial charge on any atom is -0.489 e. The van der Waals surface area contributed by atoms with Gasteiger partial charge in [-0.3, -0.25) is 4.79 Å². The van der Waals surface area contributed by atoms with Crippen molar-refractivity contribution in [3.8, 4) is 29.0 Å². The largest absolute Gasteiger partial charge is 0.489 e. The number of nitrogens with zero attached hydrogens (tertiary/aromatic N) is 1. The third-order valence-corrected chi connectivity index (χ3v) is 4.06. The molecule has 0 aliphatic rings. The first-order chi connectivity index (χ1) is 14.2. The summed E-state index contributed by atoms with van der Waals surface area (Å²) in [6.07, 6.45) is 3.42. The normalized spacial score (nSPS) is 10.1. The molecule has 1 aromatic heterocycles. The molecule has 6 nitrogen and oxygen atoms in total. The summed E-state index contributed by atoms with van der Waals surface area (Å²) in [5, 5.41) is 2.82. The van der Waals surface area contributed by atoms with E-state index in [2.05, 4.69) is 27.1 Å². The van der Waals surface area contributed by atoms with Gasteiger partial charge in [0.05, 0.1) is 12.3 Å². The number of benzene rings is 2. The molecule has 0 atom stereocenters. The van der Waals surface area contributed by atoms with Crippen LogP contribution in [0.5, 0.6) is 5.75 Å². The summed E-state index contributed by atoms with van der Waals surface area (Å²) in [5.41, 5.74) is 3.28. The van der Waals surface area contributed by atoms with Crippen molar-refractivity contribution >= 4 is 11.6 Å². The summed E-state index contributed by atoms with van der Waals surface area (Å²) >= 11 is 0. The van der Waals surface area contributed by atoms with Gasteiger partial charge in [0.25, 0.3) is 0 Å². The lowest BCUT2D eigenvalue weighted by molar-refractivity contribution is -0.111. The predicted octanol–water partition coefficient (Wildman–Crippen LogP) is 3.79. The van der Waals surface area contributed by atoms with Crippen LogP contribution in [-0.4, -0.2) is 35.7 Å². The van der Waals surface area contributed by atoms with E-state index in [4.69, 9.17) is 9.47 Å². The molecule has 0 fully saturated rings.